The van der Waals surface area contributed by atoms with E-state index in [0.717, 1.165) is 28.2 Å². The molecule has 4 rings (SSSR count). The molecule has 32 heavy (non-hydrogen) atoms. The standard InChI is InChI=1S/C17H15N7O6S2/c18-17-21-13(23-32-17)11(22-30)14(26)20-10-7-2-3-8(12(16(28)29)24(7)15(10)27)31-6-1-4-9(25)19-5-6/h1,4-5,7,10-11H,2-3H2,(H,19,25)(H,20,26)(H,28,29)(H2,18,21,23)/t7?,10-,11?/m0/s1. The number of nitrogens with one attached hydrogen (secondary N) is 2. The summed E-state index contributed by atoms with van der Waals surface area (Å²) < 4.78 is 3.80. The molecule has 0 saturated carbocycles. The molecule has 13 nitrogen and oxygen atoms in total. The number of β-lactam (4-membered cyclic amide) rings is 1. The number of H-pyrrole nitrogens is 1. The lowest BCUT2D eigenvalue weighted by atomic mass is 9.86. The highest BCUT2D eigenvalue weighted by Gasteiger charge is 2.54. The summed E-state index contributed by atoms with van der Waals surface area (Å²) in [6, 6.07) is -0.295. The highest BCUT2D eigenvalue weighted by molar-refractivity contribution is 8.03. The number of nitrogen functional groups attached to an aromatic ring is 1. The van der Waals surface area contributed by atoms with Gasteiger partial charge in [-0.1, -0.05) is 11.8 Å². The van der Waals surface area contributed by atoms with Gasteiger partial charge >= 0.3 is 5.97 Å². The number of carbonyl (C=O) groups excluding carboxylic acids is 2. The van der Waals surface area contributed by atoms with Crippen LogP contribution in [0.4, 0.5) is 5.13 Å². The zero-order chi connectivity index (χ0) is 23.0. The molecule has 0 aromatic carbocycles. The number of hydrogen-bond acceptors (Lipinski definition) is 11. The second kappa shape index (κ2) is 8.51. The zero-order valence-corrected chi connectivity index (χ0v) is 17.7. The maximum atomic E-state index is 12.7. The van der Waals surface area contributed by atoms with E-state index in [0.29, 0.717) is 22.6 Å². The molecule has 2 aromatic rings. The van der Waals surface area contributed by atoms with Crippen LogP contribution in [0.15, 0.2) is 43.8 Å². The Hall–Kier alpha value is -3.59. The van der Waals surface area contributed by atoms with Gasteiger partial charge in [-0.2, -0.15) is 4.37 Å². The number of aromatic amines is 1. The van der Waals surface area contributed by atoms with Crippen molar-refractivity contribution in [2.75, 3.05) is 5.73 Å². The van der Waals surface area contributed by atoms with Crippen LogP contribution in [0.3, 0.4) is 0 Å². The molecule has 4 heterocycles. The van der Waals surface area contributed by atoms with Crippen LogP contribution in [-0.2, 0) is 14.4 Å². The van der Waals surface area contributed by atoms with Gasteiger partial charge in [0.05, 0.1) is 6.04 Å². The Morgan fingerprint density at radius 2 is 2.19 bits per heavy atom. The van der Waals surface area contributed by atoms with Crippen molar-refractivity contribution >= 4 is 46.2 Å². The number of hydrogen-bond donors (Lipinski definition) is 4. The number of nitrogens with zero attached hydrogens (tertiary/aromatic N) is 4. The maximum absolute atomic E-state index is 12.7. The van der Waals surface area contributed by atoms with Gasteiger partial charge in [-0.15, -0.1) is 4.91 Å². The normalized spacial score (nSPS) is 20.9. The van der Waals surface area contributed by atoms with Gasteiger partial charge in [0.15, 0.2) is 11.0 Å². The van der Waals surface area contributed by atoms with Gasteiger partial charge in [0.1, 0.15) is 11.7 Å². The van der Waals surface area contributed by atoms with E-state index in [4.69, 9.17) is 5.73 Å². The summed E-state index contributed by atoms with van der Waals surface area (Å²) >= 11 is 1.94. The summed E-state index contributed by atoms with van der Waals surface area (Å²) in [5.41, 5.74) is 5.00. The number of carbonyl (C=O) groups is 3. The van der Waals surface area contributed by atoms with Crippen molar-refractivity contribution in [3.8, 4) is 0 Å². The number of aliphatic carboxylic acids is 1. The predicted molar refractivity (Wildman–Crippen MR) is 112 cm³/mol. The van der Waals surface area contributed by atoms with Crippen LogP contribution in [0.25, 0.3) is 0 Å². The maximum Gasteiger partial charge on any atom is 0.353 e. The number of carboxylic acids is 1. The molecule has 2 aliphatic heterocycles. The minimum absolute atomic E-state index is 0.0587. The summed E-state index contributed by atoms with van der Waals surface area (Å²) in [6.45, 7) is 0. The number of allylic oxidation sites excluding steroid dienone is 1. The van der Waals surface area contributed by atoms with E-state index in [9.17, 15) is 29.2 Å². The number of nitrogens with two attached hydrogens (primary N) is 1. The van der Waals surface area contributed by atoms with Crippen LogP contribution in [0.2, 0.25) is 0 Å². The lowest BCUT2D eigenvalue weighted by Gasteiger charge is -2.50. The molecular formula is C17H15N7O6S2. The molecule has 0 bridgehead atoms. The molecule has 2 amide bonds. The number of amides is 2. The first-order valence-corrected chi connectivity index (χ1v) is 10.8. The van der Waals surface area contributed by atoms with Gasteiger partial charge in [0.2, 0.25) is 11.6 Å². The van der Waals surface area contributed by atoms with Gasteiger partial charge in [-0.3, -0.25) is 19.3 Å². The van der Waals surface area contributed by atoms with E-state index in [1.807, 2.05) is 0 Å². The Morgan fingerprint density at radius 1 is 1.41 bits per heavy atom. The molecule has 3 atom stereocenters. The van der Waals surface area contributed by atoms with E-state index >= 15 is 0 Å². The molecule has 1 fully saturated rings. The Balaban J connectivity index is 1.52. The minimum Gasteiger partial charge on any atom is -0.477 e. The number of anilines is 1. The van der Waals surface area contributed by atoms with E-state index in [-0.39, 0.29) is 22.2 Å². The average Bonchev–Trinajstić information content (AvgIpc) is 3.19. The zero-order valence-electron chi connectivity index (χ0n) is 16.0. The van der Waals surface area contributed by atoms with E-state index < -0.39 is 35.9 Å². The summed E-state index contributed by atoms with van der Waals surface area (Å²) in [6.07, 6.45) is 2.18. The number of rotatable bonds is 7. The Kier molecular flexibility index (Phi) is 5.75. The quantitative estimate of drug-likeness (QED) is 0.315. The van der Waals surface area contributed by atoms with Crippen LogP contribution in [0, 0.1) is 4.91 Å². The SMILES string of the molecule is Nc1nc(C(N=O)C(=O)N[C@@H]2C(=O)N3C(C(=O)O)=C(Sc4ccc(=O)[nH]c4)CCC23)ns1. The van der Waals surface area contributed by atoms with Gasteiger partial charge in [-0.05, 0) is 24.1 Å². The minimum atomic E-state index is -1.57. The molecule has 1 saturated heterocycles. The molecular weight excluding hydrogens is 462 g/mol. The first-order valence-electron chi connectivity index (χ1n) is 9.18. The van der Waals surface area contributed by atoms with Crippen molar-refractivity contribution in [1.29, 1.82) is 0 Å². The summed E-state index contributed by atoms with van der Waals surface area (Å²) in [4.78, 5) is 68.0. The van der Waals surface area contributed by atoms with Crippen LogP contribution in [-0.4, -0.2) is 54.2 Å². The smallest absolute Gasteiger partial charge is 0.353 e. The first-order chi connectivity index (χ1) is 15.3. The highest BCUT2D eigenvalue weighted by atomic mass is 32.2. The largest absolute Gasteiger partial charge is 0.477 e. The average molecular weight is 477 g/mol. The Morgan fingerprint density at radius 3 is 2.78 bits per heavy atom. The van der Waals surface area contributed by atoms with E-state index in [2.05, 4.69) is 24.8 Å². The fourth-order valence-corrected chi connectivity index (χ4v) is 5.04. The summed E-state index contributed by atoms with van der Waals surface area (Å²) in [5, 5.41) is 15.0. The second-order valence-electron chi connectivity index (χ2n) is 6.87. The molecule has 5 N–H and O–H groups in total. The third-order valence-electron chi connectivity index (χ3n) is 4.94. The monoisotopic (exact) mass is 477 g/mol. The Labute approximate surface area is 187 Å². The Bertz CT molecular complexity index is 1190. The number of thioether (sulfide) groups is 1. The molecule has 0 aliphatic carbocycles. The number of fused-ring (bicyclic) bond motifs is 1. The van der Waals surface area contributed by atoms with Crippen LogP contribution in [0.1, 0.15) is 24.7 Å². The van der Waals surface area contributed by atoms with Gasteiger partial charge in [0.25, 0.3) is 11.8 Å². The third kappa shape index (κ3) is 3.87. The predicted octanol–water partition coefficient (Wildman–Crippen LogP) is 0.194. The molecule has 15 heteroatoms. The number of pyridine rings is 1. The van der Waals surface area contributed by atoms with Crippen molar-refractivity contribution in [1.82, 2.24) is 24.6 Å². The summed E-state index contributed by atoms with van der Waals surface area (Å²) in [7, 11) is 0. The number of carboxylic acid groups (broad SMARTS) is 1. The van der Waals surface area contributed by atoms with Crippen molar-refractivity contribution in [3.63, 3.8) is 0 Å². The first kappa shape index (κ1) is 21.6. The summed E-state index contributed by atoms with van der Waals surface area (Å²) in [5.74, 6) is -2.94. The van der Waals surface area contributed by atoms with Crippen LogP contribution in [0.5, 0.6) is 0 Å². The van der Waals surface area contributed by atoms with Gasteiger partial charge < -0.3 is 21.1 Å². The fraction of sp³-hybridized carbons (Fsp3) is 0.294. The van der Waals surface area contributed by atoms with Crippen molar-refractivity contribution < 1.29 is 19.5 Å². The second-order valence-corrected chi connectivity index (χ2v) is 8.82. The number of nitroso groups, excluding NO2 is 1. The fourth-order valence-electron chi connectivity index (χ4n) is 3.53. The topological polar surface area (TPSA) is 201 Å². The number of aromatic nitrogens is 3. The van der Waals surface area contributed by atoms with Crippen molar-refractivity contribution in [2.45, 2.75) is 35.9 Å². The third-order valence-corrected chi connectivity index (χ3v) is 6.64. The van der Waals surface area contributed by atoms with Crippen molar-refractivity contribution in [2.24, 2.45) is 5.18 Å². The molecule has 0 spiro atoms. The highest BCUT2D eigenvalue weighted by Crippen LogP contribution is 2.43. The van der Waals surface area contributed by atoms with Crippen molar-refractivity contribution in [3.05, 3.63) is 50.0 Å². The van der Waals surface area contributed by atoms with Gasteiger partial charge in [0, 0.05) is 33.6 Å². The van der Waals surface area contributed by atoms with Gasteiger partial charge in [-0.25, -0.2) is 9.78 Å². The molecule has 166 valence electrons. The molecule has 2 aromatic heterocycles. The van der Waals surface area contributed by atoms with E-state index in [1.165, 1.54) is 12.3 Å². The van der Waals surface area contributed by atoms with E-state index in [1.54, 1.807) is 6.07 Å². The lowest BCUT2D eigenvalue weighted by molar-refractivity contribution is -0.156. The van der Waals surface area contributed by atoms with Crippen LogP contribution >= 0.6 is 23.3 Å². The molecule has 2 unspecified atom stereocenters. The van der Waals surface area contributed by atoms with Crippen LogP contribution < -0.4 is 16.6 Å². The molecule has 0 radical (unpaired) electrons. The lowest BCUT2D eigenvalue weighted by Crippen LogP contribution is -2.71. The molecule has 2 aliphatic rings.